The first kappa shape index (κ1) is 16.3. The molecule has 0 heterocycles. The topological polar surface area (TPSA) is 76.8 Å². The average Bonchev–Trinajstić information content (AvgIpc) is 2.32. The van der Waals surface area contributed by atoms with Gasteiger partial charge in [0.25, 0.3) is 0 Å². The van der Waals surface area contributed by atoms with Crippen LogP contribution in [0.2, 0.25) is 0 Å². The van der Waals surface area contributed by atoms with Crippen LogP contribution in [0.25, 0.3) is 0 Å². The Labute approximate surface area is 103 Å². The van der Waals surface area contributed by atoms with Crippen LogP contribution in [0, 0.1) is 0 Å². The molecular formula is C11H25N3O3. The minimum atomic E-state index is -0.0190. The largest absolute Gasteiger partial charge is 0.383 e. The summed E-state index contributed by atoms with van der Waals surface area (Å²) in [6.07, 6.45) is 0. The summed E-state index contributed by atoms with van der Waals surface area (Å²) in [7, 11) is 3.30. The fourth-order valence-corrected chi connectivity index (χ4v) is 1.46. The molecule has 0 bridgehead atoms. The van der Waals surface area contributed by atoms with Gasteiger partial charge >= 0.3 is 0 Å². The molecule has 6 heteroatoms. The summed E-state index contributed by atoms with van der Waals surface area (Å²) in [5.74, 6) is -0.0190. The Kier molecular flexibility index (Phi) is 10.0. The van der Waals surface area contributed by atoms with Crippen LogP contribution < -0.4 is 11.1 Å². The SMILES string of the molecule is COCCN(CC(=O)NCCN)C(C)COC. The zero-order chi connectivity index (χ0) is 13.1. The monoisotopic (exact) mass is 247 g/mol. The van der Waals surface area contributed by atoms with Gasteiger partial charge in [0, 0.05) is 39.9 Å². The minimum Gasteiger partial charge on any atom is -0.383 e. The van der Waals surface area contributed by atoms with Gasteiger partial charge in [-0.05, 0) is 6.92 Å². The van der Waals surface area contributed by atoms with Crippen LogP contribution in [0.5, 0.6) is 0 Å². The van der Waals surface area contributed by atoms with E-state index >= 15 is 0 Å². The van der Waals surface area contributed by atoms with Crippen LogP contribution in [-0.4, -0.2) is 70.5 Å². The molecule has 0 aromatic heterocycles. The van der Waals surface area contributed by atoms with Gasteiger partial charge in [0.05, 0.1) is 19.8 Å². The van der Waals surface area contributed by atoms with Crippen molar-refractivity contribution >= 4 is 5.91 Å². The first-order valence-electron chi connectivity index (χ1n) is 5.84. The molecule has 17 heavy (non-hydrogen) atoms. The van der Waals surface area contributed by atoms with Crippen LogP contribution in [0.4, 0.5) is 0 Å². The third-order valence-corrected chi connectivity index (χ3v) is 2.43. The van der Waals surface area contributed by atoms with E-state index in [2.05, 4.69) is 5.32 Å². The molecule has 0 saturated carbocycles. The highest BCUT2D eigenvalue weighted by Crippen LogP contribution is 1.99. The molecule has 0 aromatic rings. The van der Waals surface area contributed by atoms with Crippen molar-refractivity contribution in [1.29, 1.82) is 0 Å². The molecular weight excluding hydrogens is 222 g/mol. The molecule has 0 fully saturated rings. The lowest BCUT2D eigenvalue weighted by Gasteiger charge is -2.27. The number of amides is 1. The first-order valence-corrected chi connectivity index (χ1v) is 5.84. The molecule has 6 nitrogen and oxygen atoms in total. The van der Waals surface area contributed by atoms with Crippen molar-refractivity contribution in [3.8, 4) is 0 Å². The number of hydrogen-bond donors (Lipinski definition) is 2. The molecule has 1 atom stereocenters. The van der Waals surface area contributed by atoms with E-state index < -0.39 is 0 Å². The lowest BCUT2D eigenvalue weighted by atomic mass is 10.3. The van der Waals surface area contributed by atoms with Gasteiger partial charge in [0.2, 0.25) is 5.91 Å². The number of nitrogens with one attached hydrogen (secondary N) is 1. The molecule has 0 saturated heterocycles. The zero-order valence-corrected chi connectivity index (χ0v) is 11.1. The van der Waals surface area contributed by atoms with Gasteiger partial charge in [0.15, 0.2) is 0 Å². The van der Waals surface area contributed by atoms with Crippen molar-refractivity contribution < 1.29 is 14.3 Å². The van der Waals surface area contributed by atoms with E-state index in [1.54, 1.807) is 14.2 Å². The third kappa shape index (κ3) is 8.09. The number of methoxy groups -OCH3 is 2. The normalized spacial score (nSPS) is 12.8. The van der Waals surface area contributed by atoms with Crippen molar-refractivity contribution in [3.63, 3.8) is 0 Å². The number of carbonyl (C=O) groups is 1. The lowest BCUT2D eigenvalue weighted by molar-refractivity contribution is -0.123. The lowest BCUT2D eigenvalue weighted by Crippen LogP contribution is -2.45. The highest BCUT2D eigenvalue weighted by atomic mass is 16.5. The maximum absolute atomic E-state index is 11.6. The number of rotatable bonds is 10. The number of carbonyl (C=O) groups excluding carboxylic acids is 1. The molecule has 0 aliphatic heterocycles. The molecule has 1 unspecified atom stereocenters. The molecule has 0 aliphatic rings. The zero-order valence-electron chi connectivity index (χ0n) is 11.1. The molecule has 0 radical (unpaired) electrons. The van der Waals surface area contributed by atoms with Gasteiger partial charge < -0.3 is 20.5 Å². The van der Waals surface area contributed by atoms with E-state index in [1.807, 2.05) is 11.8 Å². The van der Waals surface area contributed by atoms with Crippen molar-refractivity contribution in [2.45, 2.75) is 13.0 Å². The molecule has 3 N–H and O–H groups in total. The number of nitrogens with two attached hydrogens (primary N) is 1. The van der Waals surface area contributed by atoms with Crippen LogP contribution in [0.15, 0.2) is 0 Å². The number of ether oxygens (including phenoxy) is 2. The fraction of sp³-hybridized carbons (Fsp3) is 0.909. The van der Waals surface area contributed by atoms with Gasteiger partial charge in [-0.1, -0.05) is 0 Å². The number of nitrogens with zero attached hydrogens (tertiary/aromatic N) is 1. The Bertz CT molecular complexity index is 202. The maximum Gasteiger partial charge on any atom is 0.234 e. The molecule has 0 rings (SSSR count). The molecule has 0 aromatic carbocycles. The van der Waals surface area contributed by atoms with Crippen molar-refractivity contribution in [2.75, 3.05) is 53.6 Å². The minimum absolute atomic E-state index is 0.0190. The van der Waals surface area contributed by atoms with Gasteiger partial charge in [-0.25, -0.2) is 0 Å². The van der Waals surface area contributed by atoms with E-state index in [4.69, 9.17) is 15.2 Å². The van der Waals surface area contributed by atoms with Crippen LogP contribution in [-0.2, 0) is 14.3 Å². The maximum atomic E-state index is 11.6. The van der Waals surface area contributed by atoms with E-state index in [0.717, 1.165) is 0 Å². The van der Waals surface area contributed by atoms with Crippen LogP contribution in [0.1, 0.15) is 6.92 Å². The van der Waals surface area contributed by atoms with Crippen molar-refractivity contribution in [1.82, 2.24) is 10.2 Å². The summed E-state index contributed by atoms with van der Waals surface area (Å²) in [5.41, 5.74) is 5.33. The highest BCUT2D eigenvalue weighted by molar-refractivity contribution is 5.78. The van der Waals surface area contributed by atoms with Gasteiger partial charge in [0.1, 0.15) is 0 Å². The second kappa shape index (κ2) is 10.5. The average molecular weight is 247 g/mol. The van der Waals surface area contributed by atoms with Gasteiger partial charge in [-0.2, -0.15) is 0 Å². The van der Waals surface area contributed by atoms with Gasteiger partial charge in [-0.3, -0.25) is 9.69 Å². The predicted octanol–water partition coefficient (Wildman–Crippen LogP) is -0.955. The fourth-order valence-electron chi connectivity index (χ4n) is 1.46. The highest BCUT2D eigenvalue weighted by Gasteiger charge is 2.16. The van der Waals surface area contributed by atoms with E-state index in [9.17, 15) is 4.79 Å². The Hall–Kier alpha value is -0.690. The summed E-state index contributed by atoms with van der Waals surface area (Å²) in [4.78, 5) is 13.6. The Morgan fingerprint density at radius 2 is 2.12 bits per heavy atom. The third-order valence-electron chi connectivity index (χ3n) is 2.43. The van der Waals surface area contributed by atoms with Crippen molar-refractivity contribution in [2.24, 2.45) is 5.73 Å². The summed E-state index contributed by atoms with van der Waals surface area (Å²) < 4.78 is 10.1. The quantitative estimate of drug-likeness (QED) is 0.520. The summed E-state index contributed by atoms with van der Waals surface area (Å²) in [6.45, 7) is 5.22. The Morgan fingerprint density at radius 3 is 2.65 bits per heavy atom. The summed E-state index contributed by atoms with van der Waals surface area (Å²) in [5, 5.41) is 2.75. The molecule has 0 aliphatic carbocycles. The van der Waals surface area contributed by atoms with Crippen molar-refractivity contribution in [3.05, 3.63) is 0 Å². The summed E-state index contributed by atoms with van der Waals surface area (Å²) in [6, 6.07) is 0.179. The second-order valence-corrected chi connectivity index (χ2v) is 3.91. The predicted molar refractivity (Wildman–Crippen MR) is 66.9 cm³/mol. The molecule has 1 amide bonds. The van der Waals surface area contributed by atoms with Gasteiger partial charge in [-0.15, -0.1) is 0 Å². The summed E-state index contributed by atoms with van der Waals surface area (Å²) >= 11 is 0. The number of hydrogen-bond acceptors (Lipinski definition) is 5. The van der Waals surface area contributed by atoms with Crippen LogP contribution in [0.3, 0.4) is 0 Å². The van der Waals surface area contributed by atoms with E-state index in [0.29, 0.717) is 39.4 Å². The smallest absolute Gasteiger partial charge is 0.234 e. The van der Waals surface area contributed by atoms with E-state index in [1.165, 1.54) is 0 Å². The van der Waals surface area contributed by atoms with E-state index in [-0.39, 0.29) is 11.9 Å². The molecule has 0 spiro atoms. The van der Waals surface area contributed by atoms with Crippen LogP contribution >= 0.6 is 0 Å². The standard InChI is InChI=1S/C11H25N3O3/c1-10(9-17-3)14(6-7-16-2)8-11(15)13-5-4-12/h10H,4-9,12H2,1-3H3,(H,13,15). The second-order valence-electron chi connectivity index (χ2n) is 3.91. The Balaban J connectivity index is 4.11. The Morgan fingerprint density at radius 1 is 1.41 bits per heavy atom. The molecule has 102 valence electrons. The first-order chi connectivity index (χ1) is 8.15.